The lowest BCUT2D eigenvalue weighted by molar-refractivity contribution is 0.527. The molecule has 0 saturated carbocycles. The molecule has 0 fully saturated rings. The molecule has 0 radical (unpaired) electrons. The molecular weight excluding hydrogens is 388 g/mol. The van der Waals surface area contributed by atoms with Gasteiger partial charge in [0, 0.05) is 36.5 Å². The molecule has 8 heteroatoms. The third kappa shape index (κ3) is 4.16. The zero-order chi connectivity index (χ0) is 19.8. The molecule has 3 rings (SSSR count). The van der Waals surface area contributed by atoms with Crippen LogP contribution in [0.25, 0.3) is 11.0 Å². The third-order valence-corrected chi connectivity index (χ3v) is 5.97. The highest BCUT2D eigenvalue weighted by Gasteiger charge is 2.15. The maximum atomic E-state index is 12.4. The van der Waals surface area contributed by atoms with E-state index in [0.717, 1.165) is 20.8 Å². The molecule has 1 N–H and O–H groups in total. The van der Waals surface area contributed by atoms with Crippen molar-refractivity contribution in [1.82, 2.24) is 4.31 Å². The van der Waals surface area contributed by atoms with Gasteiger partial charge in [0.25, 0.3) is 0 Å². The third-order valence-electron chi connectivity index (χ3n) is 4.28. The number of fused-ring (bicyclic) bond motifs is 1. The van der Waals surface area contributed by atoms with E-state index in [1.165, 1.54) is 14.1 Å². The van der Waals surface area contributed by atoms with Crippen LogP contribution >= 0.6 is 11.6 Å². The molecule has 0 atom stereocenters. The van der Waals surface area contributed by atoms with Crippen molar-refractivity contribution >= 4 is 38.5 Å². The number of hydrogen-bond donors (Lipinski definition) is 1. The molecule has 6 nitrogen and oxygen atoms in total. The van der Waals surface area contributed by atoms with Crippen LogP contribution in [0.4, 0.5) is 5.69 Å². The average Bonchev–Trinajstić information content (AvgIpc) is 2.59. The SMILES string of the molecule is Cc1c(Cc2cccc(NS(=O)(=O)N(C)C)c2)c(=O)oc2ccc(Cl)cc12. The summed E-state index contributed by atoms with van der Waals surface area (Å²) < 4.78 is 33.0. The number of nitrogens with one attached hydrogen (secondary N) is 1. The summed E-state index contributed by atoms with van der Waals surface area (Å²) in [5.74, 6) is 0. The van der Waals surface area contributed by atoms with Gasteiger partial charge in [0.1, 0.15) is 5.58 Å². The van der Waals surface area contributed by atoms with Crippen molar-refractivity contribution in [2.75, 3.05) is 18.8 Å². The van der Waals surface area contributed by atoms with Crippen molar-refractivity contribution in [2.45, 2.75) is 13.3 Å². The zero-order valence-corrected chi connectivity index (χ0v) is 16.7. The Kier molecular flexibility index (Phi) is 5.28. The second-order valence-corrected chi connectivity index (χ2v) is 8.72. The molecule has 0 aliphatic carbocycles. The van der Waals surface area contributed by atoms with Gasteiger partial charge in [-0.2, -0.15) is 12.7 Å². The number of anilines is 1. The predicted octanol–water partition coefficient (Wildman–Crippen LogP) is 3.56. The van der Waals surface area contributed by atoms with Gasteiger partial charge in [-0.05, 0) is 48.4 Å². The van der Waals surface area contributed by atoms with E-state index in [9.17, 15) is 13.2 Å². The van der Waals surface area contributed by atoms with Crippen LogP contribution in [0, 0.1) is 6.92 Å². The summed E-state index contributed by atoms with van der Waals surface area (Å²) in [5.41, 5.74) is 2.58. The van der Waals surface area contributed by atoms with E-state index in [-0.39, 0.29) is 0 Å². The van der Waals surface area contributed by atoms with Crippen LogP contribution in [0.5, 0.6) is 0 Å². The fraction of sp³-hybridized carbons (Fsp3) is 0.211. The molecule has 2 aromatic carbocycles. The highest BCUT2D eigenvalue weighted by atomic mass is 35.5. The van der Waals surface area contributed by atoms with Crippen molar-refractivity contribution in [3.63, 3.8) is 0 Å². The summed E-state index contributed by atoms with van der Waals surface area (Å²) in [7, 11) is -0.712. The summed E-state index contributed by atoms with van der Waals surface area (Å²) in [5, 5.41) is 1.34. The second-order valence-electron chi connectivity index (χ2n) is 6.40. The van der Waals surface area contributed by atoms with Gasteiger partial charge >= 0.3 is 15.8 Å². The number of halogens is 1. The Bertz CT molecular complexity index is 1170. The van der Waals surface area contributed by atoms with Crippen LogP contribution in [-0.2, 0) is 16.6 Å². The van der Waals surface area contributed by atoms with E-state index in [4.69, 9.17) is 16.0 Å². The Hall–Kier alpha value is -2.35. The molecule has 1 heterocycles. The van der Waals surface area contributed by atoms with E-state index < -0.39 is 15.8 Å². The number of hydrogen-bond acceptors (Lipinski definition) is 4. The number of rotatable bonds is 5. The fourth-order valence-electron chi connectivity index (χ4n) is 2.76. The minimum Gasteiger partial charge on any atom is -0.423 e. The maximum absolute atomic E-state index is 12.4. The van der Waals surface area contributed by atoms with Gasteiger partial charge in [0.15, 0.2) is 0 Å². The molecule has 0 bridgehead atoms. The Morgan fingerprint density at radius 1 is 1.15 bits per heavy atom. The number of benzene rings is 2. The number of aryl methyl sites for hydroxylation is 1. The molecule has 0 aliphatic heterocycles. The van der Waals surface area contributed by atoms with Crippen LogP contribution < -0.4 is 10.3 Å². The first-order valence-corrected chi connectivity index (χ1v) is 10.0. The highest BCUT2D eigenvalue weighted by Crippen LogP contribution is 2.25. The molecular formula is C19H19ClN2O4S. The Morgan fingerprint density at radius 3 is 2.59 bits per heavy atom. The lowest BCUT2D eigenvalue weighted by atomic mass is 9.99. The van der Waals surface area contributed by atoms with Crippen LogP contribution in [0.2, 0.25) is 5.02 Å². The summed E-state index contributed by atoms with van der Waals surface area (Å²) >= 11 is 6.06. The second kappa shape index (κ2) is 7.34. The molecule has 0 unspecified atom stereocenters. The quantitative estimate of drug-likeness (QED) is 0.657. The van der Waals surface area contributed by atoms with E-state index in [0.29, 0.717) is 28.3 Å². The van der Waals surface area contributed by atoms with Crippen LogP contribution in [0.1, 0.15) is 16.7 Å². The van der Waals surface area contributed by atoms with Gasteiger partial charge < -0.3 is 4.42 Å². The first-order valence-electron chi connectivity index (χ1n) is 8.18. The van der Waals surface area contributed by atoms with Crippen molar-refractivity contribution in [2.24, 2.45) is 0 Å². The summed E-state index contributed by atoms with van der Waals surface area (Å²) in [6, 6.07) is 12.0. The normalized spacial score (nSPS) is 11.9. The Labute approximate surface area is 162 Å². The first kappa shape index (κ1) is 19.4. The van der Waals surface area contributed by atoms with Gasteiger partial charge in [-0.25, -0.2) is 4.79 Å². The maximum Gasteiger partial charge on any atom is 0.340 e. The number of nitrogens with zero attached hydrogens (tertiary/aromatic N) is 1. The van der Waals surface area contributed by atoms with Gasteiger partial charge in [0.2, 0.25) is 0 Å². The lowest BCUT2D eigenvalue weighted by Gasteiger charge is -2.14. The average molecular weight is 407 g/mol. The van der Waals surface area contributed by atoms with E-state index in [2.05, 4.69) is 4.72 Å². The van der Waals surface area contributed by atoms with Gasteiger partial charge in [-0.15, -0.1) is 0 Å². The van der Waals surface area contributed by atoms with Crippen molar-refractivity contribution in [3.05, 3.63) is 74.6 Å². The molecule has 0 aliphatic rings. The molecule has 142 valence electrons. The summed E-state index contributed by atoms with van der Waals surface area (Å²) in [4.78, 5) is 12.4. The summed E-state index contributed by atoms with van der Waals surface area (Å²) in [6.07, 6.45) is 0.314. The fourth-order valence-corrected chi connectivity index (χ4v) is 3.53. The largest absolute Gasteiger partial charge is 0.423 e. The molecule has 27 heavy (non-hydrogen) atoms. The predicted molar refractivity (Wildman–Crippen MR) is 108 cm³/mol. The Balaban J connectivity index is 1.99. The van der Waals surface area contributed by atoms with Crippen LogP contribution in [-0.4, -0.2) is 26.8 Å². The van der Waals surface area contributed by atoms with Gasteiger partial charge in [0.05, 0.1) is 5.69 Å². The Morgan fingerprint density at radius 2 is 1.89 bits per heavy atom. The van der Waals surface area contributed by atoms with Crippen molar-refractivity contribution in [3.8, 4) is 0 Å². The minimum absolute atomic E-state index is 0.314. The molecule has 0 spiro atoms. The van der Waals surface area contributed by atoms with Crippen molar-refractivity contribution in [1.29, 1.82) is 0 Å². The smallest absolute Gasteiger partial charge is 0.340 e. The zero-order valence-electron chi connectivity index (χ0n) is 15.1. The molecule has 3 aromatic rings. The van der Waals surface area contributed by atoms with Gasteiger partial charge in [-0.1, -0.05) is 23.7 Å². The van der Waals surface area contributed by atoms with E-state index in [1.54, 1.807) is 36.4 Å². The minimum atomic E-state index is -3.60. The van der Waals surface area contributed by atoms with Crippen molar-refractivity contribution < 1.29 is 12.8 Å². The standard InChI is InChI=1S/C19H19ClN2O4S/c1-12-16-11-14(20)7-8-18(16)26-19(23)17(12)10-13-5-4-6-15(9-13)21-27(24,25)22(2)3/h4-9,11,21H,10H2,1-3H3. The van der Waals surface area contributed by atoms with E-state index >= 15 is 0 Å². The molecule has 1 aromatic heterocycles. The van der Waals surface area contributed by atoms with Gasteiger partial charge in [-0.3, -0.25) is 4.72 Å². The highest BCUT2D eigenvalue weighted by molar-refractivity contribution is 7.90. The van der Waals surface area contributed by atoms with Crippen LogP contribution in [0.3, 0.4) is 0 Å². The summed E-state index contributed by atoms with van der Waals surface area (Å²) in [6.45, 7) is 1.85. The molecule has 0 amide bonds. The van der Waals surface area contributed by atoms with E-state index in [1.807, 2.05) is 13.0 Å². The topological polar surface area (TPSA) is 79.6 Å². The first-order chi connectivity index (χ1) is 12.7. The van der Waals surface area contributed by atoms with Crippen LogP contribution in [0.15, 0.2) is 51.7 Å². The lowest BCUT2D eigenvalue weighted by Crippen LogP contribution is -2.28. The molecule has 0 saturated heterocycles. The monoisotopic (exact) mass is 406 g/mol.